The molecule has 1 saturated heterocycles. The van der Waals surface area contributed by atoms with Gasteiger partial charge in [-0.05, 0) is 23.3 Å². The number of para-hydroxylation sites is 1. The molecule has 1 N–H and O–H groups in total. The molecule has 1 fully saturated rings. The van der Waals surface area contributed by atoms with Crippen LogP contribution in [-0.2, 0) is 34.7 Å². The van der Waals surface area contributed by atoms with Gasteiger partial charge in [-0.2, -0.15) is 0 Å². The van der Waals surface area contributed by atoms with Gasteiger partial charge in [-0.15, -0.1) is 0 Å². The smallest absolute Gasteiger partial charge is 0.337 e. The summed E-state index contributed by atoms with van der Waals surface area (Å²) >= 11 is 0. The highest BCUT2D eigenvalue weighted by atomic mass is 32.2. The molecule has 2 unspecified atom stereocenters. The second-order valence-corrected chi connectivity index (χ2v) is 10.3. The van der Waals surface area contributed by atoms with E-state index < -0.39 is 52.1 Å². The summed E-state index contributed by atoms with van der Waals surface area (Å²) in [6, 6.07) is 24.9. The summed E-state index contributed by atoms with van der Waals surface area (Å²) in [5, 5.41) is 2.91. The molecule has 2 aliphatic heterocycles. The number of carbonyl (C=O) groups excluding carboxylic acids is 3. The van der Waals surface area contributed by atoms with E-state index in [2.05, 4.69) is 5.32 Å². The molecule has 4 atom stereocenters. The van der Waals surface area contributed by atoms with E-state index in [0.29, 0.717) is 5.75 Å². The molecule has 2 aliphatic rings. The molecule has 2 amide bonds. The van der Waals surface area contributed by atoms with Crippen molar-refractivity contribution in [2.75, 3.05) is 13.7 Å². The number of hydrogen-bond donors (Lipinski definition) is 1. The van der Waals surface area contributed by atoms with Gasteiger partial charge in [0.1, 0.15) is 22.9 Å². The molecule has 3 aromatic carbocycles. The molecule has 5 rings (SSSR count). The zero-order valence-electron chi connectivity index (χ0n) is 21.0. The third-order valence-corrected chi connectivity index (χ3v) is 7.87. The third kappa shape index (κ3) is 5.42. The molecular formula is C29H26N2O7S. The number of rotatable bonds is 9. The Morgan fingerprint density at radius 2 is 1.49 bits per heavy atom. The molecule has 0 bridgehead atoms. The van der Waals surface area contributed by atoms with E-state index in [1.807, 2.05) is 66.7 Å². The Morgan fingerprint density at radius 3 is 2.05 bits per heavy atom. The number of nitrogens with one attached hydrogen (secondary N) is 1. The maximum Gasteiger partial charge on any atom is 0.337 e. The van der Waals surface area contributed by atoms with Gasteiger partial charge in [0, 0.05) is 5.41 Å². The van der Waals surface area contributed by atoms with Gasteiger partial charge in [-0.3, -0.25) is 13.8 Å². The van der Waals surface area contributed by atoms with E-state index in [4.69, 9.17) is 14.2 Å². The Labute approximate surface area is 227 Å². The van der Waals surface area contributed by atoms with Crippen LogP contribution in [0, 0.1) is 0 Å². The second kappa shape index (κ2) is 11.5. The van der Waals surface area contributed by atoms with Gasteiger partial charge in [-0.25, -0.2) is 4.79 Å². The number of fused-ring (bicyclic) bond motifs is 1. The average Bonchev–Trinajstić information content (AvgIpc) is 2.98. The van der Waals surface area contributed by atoms with Crippen LogP contribution in [0.25, 0.3) is 0 Å². The molecule has 0 aliphatic carbocycles. The van der Waals surface area contributed by atoms with Gasteiger partial charge in [0.15, 0.2) is 18.8 Å². The Bertz CT molecular complexity index is 1360. The summed E-state index contributed by atoms with van der Waals surface area (Å²) in [4.78, 5) is 40.5. The fraction of sp³-hybridized carbons (Fsp3) is 0.207. The Morgan fingerprint density at radius 1 is 0.923 bits per heavy atom. The molecular weight excluding hydrogens is 520 g/mol. The molecule has 2 heterocycles. The SMILES string of the molecule is COC1=CS(=O)[C@@H]2[C@H](NC(=O)COc3ccccc3)C(=O)N2C1C(=O)OC(c1ccccc1)c1ccccc1. The minimum Gasteiger partial charge on any atom is -0.498 e. The number of β-lactam (4-membered cyclic amide) rings is 1. The zero-order valence-corrected chi connectivity index (χ0v) is 21.8. The van der Waals surface area contributed by atoms with E-state index in [0.717, 1.165) is 16.0 Å². The van der Waals surface area contributed by atoms with E-state index in [1.165, 1.54) is 12.5 Å². The van der Waals surface area contributed by atoms with Crippen molar-refractivity contribution in [2.45, 2.75) is 23.6 Å². The van der Waals surface area contributed by atoms with Crippen LogP contribution in [0.3, 0.4) is 0 Å². The first kappa shape index (κ1) is 26.2. The van der Waals surface area contributed by atoms with Crippen LogP contribution in [0.1, 0.15) is 17.2 Å². The van der Waals surface area contributed by atoms with Crippen molar-refractivity contribution in [2.24, 2.45) is 0 Å². The van der Waals surface area contributed by atoms with Gasteiger partial charge >= 0.3 is 5.97 Å². The number of amides is 2. The van der Waals surface area contributed by atoms with E-state index in [-0.39, 0.29) is 12.4 Å². The van der Waals surface area contributed by atoms with Gasteiger partial charge in [0.05, 0.1) is 17.9 Å². The maximum atomic E-state index is 13.6. The molecule has 0 spiro atoms. The van der Waals surface area contributed by atoms with Crippen LogP contribution in [0.5, 0.6) is 5.75 Å². The van der Waals surface area contributed by atoms with Crippen molar-refractivity contribution in [3.05, 3.63) is 113 Å². The first-order chi connectivity index (χ1) is 19.0. The summed E-state index contributed by atoms with van der Waals surface area (Å²) < 4.78 is 29.8. The first-order valence-electron chi connectivity index (χ1n) is 12.2. The standard InChI is InChI=1S/C29H26N2O7S/c1-36-22-18-39(35)28-24(30-23(32)17-37-21-15-9-4-10-16-21)27(33)31(28)25(22)29(34)38-26(19-11-5-2-6-12-19)20-13-7-3-8-14-20/h2-16,18,24-26,28H,17H2,1H3,(H,30,32)/t24-,25?,28-,39?/m1/s1. The normalized spacial score (nSPS) is 21.7. The number of hydrogen-bond acceptors (Lipinski definition) is 7. The van der Waals surface area contributed by atoms with E-state index in [1.54, 1.807) is 24.3 Å². The minimum absolute atomic E-state index is 0.0417. The lowest BCUT2D eigenvalue weighted by molar-refractivity contribution is -0.167. The van der Waals surface area contributed by atoms with Crippen molar-refractivity contribution in [1.29, 1.82) is 0 Å². The van der Waals surface area contributed by atoms with Crippen molar-refractivity contribution >= 4 is 28.6 Å². The monoisotopic (exact) mass is 546 g/mol. The van der Waals surface area contributed by atoms with Gasteiger partial charge in [0.25, 0.3) is 11.8 Å². The fourth-order valence-corrected chi connectivity index (χ4v) is 6.06. The number of ether oxygens (including phenoxy) is 3. The van der Waals surface area contributed by atoms with Crippen LogP contribution in [0.4, 0.5) is 0 Å². The van der Waals surface area contributed by atoms with Gasteiger partial charge in [0.2, 0.25) is 0 Å². The third-order valence-electron chi connectivity index (χ3n) is 6.43. The van der Waals surface area contributed by atoms with Crippen molar-refractivity contribution in [3.8, 4) is 5.75 Å². The first-order valence-corrected chi connectivity index (χ1v) is 13.5. The number of esters is 1. The lowest BCUT2D eigenvalue weighted by Gasteiger charge is -2.50. The fourth-order valence-electron chi connectivity index (χ4n) is 4.56. The molecule has 0 radical (unpaired) electrons. The van der Waals surface area contributed by atoms with E-state index in [9.17, 15) is 18.6 Å². The van der Waals surface area contributed by atoms with Crippen LogP contribution >= 0.6 is 0 Å². The van der Waals surface area contributed by atoms with Crippen LogP contribution in [0.15, 0.2) is 102 Å². The highest BCUT2D eigenvalue weighted by Gasteiger charge is 2.59. The molecule has 39 heavy (non-hydrogen) atoms. The molecule has 9 nitrogen and oxygen atoms in total. The number of methoxy groups -OCH3 is 1. The average molecular weight is 547 g/mol. The lowest BCUT2D eigenvalue weighted by atomic mass is 10.00. The van der Waals surface area contributed by atoms with Crippen molar-refractivity contribution in [3.63, 3.8) is 0 Å². The molecule has 200 valence electrons. The predicted octanol–water partition coefficient (Wildman–Crippen LogP) is 2.67. The largest absolute Gasteiger partial charge is 0.498 e. The summed E-state index contributed by atoms with van der Waals surface area (Å²) in [6.07, 6.45) is -0.745. The highest BCUT2D eigenvalue weighted by molar-refractivity contribution is 7.88. The Hall–Kier alpha value is -4.44. The summed E-state index contributed by atoms with van der Waals surface area (Å²) in [5.74, 6) is -1.32. The highest BCUT2D eigenvalue weighted by Crippen LogP contribution is 2.36. The lowest BCUT2D eigenvalue weighted by Crippen LogP contribution is -2.76. The second-order valence-electron chi connectivity index (χ2n) is 8.88. The Balaban J connectivity index is 1.34. The van der Waals surface area contributed by atoms with Crippen molar-refractivity contribution in [1.82, 2.24) is 10.2 Å². The summed E-state index contributed by atoms with van der Waals surface area (Å²) in [7, 11) is -0.399. The summed E-state index contributed by atoms with van der Waals surface area (Å²) in [6.45, 7) is -0.326. The van der Waals surface area contributed by atoms with Crippen LogP contribution < -0.4 is 10.1 Å². The molecule has 10 heteroatoms. The Kier molecular flexibility index (Phi) is 7.74. The predicted molar refractivity (Wildman–Crippen MR) is 142 cm³/mol. The molecule has 3 aromatic rings. The number of benzene rings is 3. The number of carbonyl (C=O) groups is 3. The maximum absolute atomic E-state index is 13.6. The quantitative estimate of drug-likeness (QED) is 0.325. The van der Waals surface area contributed by atoms with Crippen molar-refractivity contribution < 1.29 is 32.8 Å². The van der Waals surface area contributed by atoms with E-state index >= 15 is 0 Å². The van der Waals surface area contributed by atoms with Gasteiger partial charge in [-0.1, -0.05) is 78.9 Å². The molecule has 0 aromatic heterocycles. The van der Waals surface area contributed by atoms with Gasteiger partial charge < -0.3 is 24.4 Å². The topological polar surface area (TPSA) is 111 Å². The molecule has 0 saturated carbocycles. The van der Waals surface area contributed by atoms with Crippen LogP contribution in [0.2, 0.25) is 0 Å². The van der Waals surface area contributed by atoms with Crippen LogP contribution in [-0.4, -0.2) is 58.1 Å². The zero-order chi connectivity index (χ0) is 27.4. The number of nitrogens with zero attached hydrogens (tertiary/aromatic N) is 1. The summed E-state index contributed by atoms with van der Waals surface area (Å²) in [5.41, 5.74) is 1.49. The minimum atomic E-state index is -1.73.